The first kappa shape index (κ1) is 14.4. The van der Waals surface area contributed by atoms with Gasteiger partial charge in [-0.15, -0.1) is 0 Å². The molecule has 0 bridgehead atoms. The first-order chi connectivity index (χ1) is 8.43. The monoisotopic (exact) mass is 251 g/mol. The minimum Gasteiger partial charge on any atom is -0.464 e. The molecule has 0 fully saturated rings. The highest BCUT2D eigenvalue weighted by molar-refractivity contribution is 5.78. The van der Waals surface area contributed by atoms with Gasteiger partial charge in [0.15, 0.2) is 0 Å². The summed E-state index contributed by atoms with van der Waals surface area (Å²) in [5.41, 5.74) is 1.84. The third kappa shape index (κ3) is 3.98. The average Bonchev–Trinajstić information content (AvgIpc) is 2.28. The van der Waals surface area contributed by atoms with Gasteiger partial charge in [0, 0.05) is 11.4 Å². The molecule has 5 heteroatoms. The lowest BCUT2D eigenvalue weighted by molar-refractivity contribution is -0.143. The van der Waals surface area contributed by atoms with Crippen LogP contribution in [0.5, 0.6) is 0 Å². The summed E-state index contributed by atoms with van der Waals surface area (Å²) >= 11 is 0. The Morgan fingerprint density at radius 2 is 2.06 bits per heavy atom. The zero-order chi connectivity index (χ0) is 13.7. The zero-order valence-corrected chi connectivity index (χ0v) is 11.7. The van der Waals surface area contributed by atoms with Crippen LogP contribution in [-0.2, 0) is 9.53 Å². The number of rotatable bonds is 5. The van der Waals surface area contributed by atoms with Crippen LogP contribution in [0.1, 0.15) is 45.0 Å². The molecule has 0 amide bonds. The Morgan fingerprint density at radius 1 is 1.39 bits per heavy atom. The molecule has 0 aliphatic carbocycles. The van der Waals surface area contributed by atoms with Gasteiger partial charge in [0.2, 0.25) is 5.95 Å². The predicted octanol–water partition coefficient (Wildman–Crippen LogP) is 2.27. The molecular weight excluding hydrogens is 230 g/mol. The molecule has 0 spiro atoms. The van der Waals surface area contributed by atoms with Crippen molar-refractivity contribution in [2.24, 2.45) is 0 Å². The van der Waals surface area contributed by atoms with Crippen molar-refractivity contribution >= 4 is 11.9 Å². The van der Waals surface area contributed by atoms with Gasteiger partial charge in [-0.3, -0.25) is 0 Å². The number of carbonyl (C=O) groups excluding carboxylic acids is 1. The lowest BCUT2D eigenvalue weighted by Crippen LogP contribution is -2.29. The lowest BCUT2D eigenvalue weighted by Gasteiger charge is -2.14. The molecule has 0 aliphatic rings. The maximum Gasteiger partial charge on any atom is 0.328 e. The summed E-state index contributed by atoms with van der Waals surface area (Å²) < 4.78 is 4.93. The molecule has 0 saturated heterocycles. The molecule has 18 heavy (non-hydrogen) atoms. The van der Waals surface area contributed by atoms with Crippen LogP contribution in [-0.4, -0.2) is 28.6 Å². The number of nitrogens with zero attached hydrogens (tertiary/aromatic N) is 2. The van der Waals surface area contributed by atoms with Crippen LogP contribution in [0.4, 0.5) is 5.95 Å². The van der Waals surface area contributed by atoms with Crippen molar-refractivity contribution in [3.63, 3.8) is 0 Å². The maximum absolute atomic E-state index is 11.5. The molecule has 100 valence electrons. The normalized spacial score (nSPS) is 12.3. The molecule has 1 aromatic rings. The highest BCUT2D eigenvalue weighted by atomic mass is 16.5. The Balaban J connectivity index is 2.81. The second-order valence-electron chi connectivity index (χ2n) is 4.53. The number of aryl methyl sites for hydroxylation is 1. The SMILES string of the molecule is CCOC(=O)C(C)Nc1nc(C)cc(C(C)C)n1. The first-order valence-electron chi connectivity index (χ1n) is 6.22. The smallest absolute Gasteiger partial charge is 0.328 e. The van der Waals surface area contributed by atoms with Crippen molar-refractivity contribution in [1.29, 1.82) is 0 Å². The van der Waals surface area contributed by atoms with Crippen molar-refractivity contribution in [1.82, 2.24) is 9.97 Å². The molecule has 0 aliphatic heterocycles. The number of esters is 1. The van der Waals surface area contributed by atoms with E-state index in [0.29, 0.717) is 18.5 Å². The Hall–Kier alpha value is -1.65. The average molecular weight is 251 g/mol. The molecule has 1 aromatic heterocycles. The van der Waals surface area contributed by atoms with Crippen molar-refractivity contribution in [2.45, 2.75) is 46.6 Å². The fourth-order valence-electron chi connectivity index (χ4n) is 1.47. The van der Waals surface area contributed by atoms with Gasteiger partial charge in [-0.2, -0.15) is 0 Å². The molecular formula is C13H21N3O2. The van der Waals surface area contributed by atoms with Crippen LogP contribution in [0.15, 0.2) is 6.07 Å². The van der Waals surface area contributed by atoms with Crippen molar-refractivity contribution in [3.8, 4) is 0 Å². The van der Waals surface area contributed by atoms with E-state index in [1.807, 2.05) is 13.0 Å². The molecule has 5 nitrogen and oxygen atoms in total. The number of hydrogen-bond acceptors (Lipinski definition) is 5. The Kier molecular flexibility index (Phi) is 5.07. The van der Waals surface area contributed by atoms with Gasteiger partial charge in [-0.05, 0) is 32.8 Å². The molecule has 1 unspecified atom stereocenters. The third-order valence-corrected chi connectivity index (χ3v) is 2.45. The highest BCUT2D eigenvalue weighted by Gasteiger charge is 2.15. The Bertz CT molecular complexity index is 419. The molecule has 0 radical (unpaired) electrons. The summed E-state index contributed by atoms with van der Waals surface area (Å²) in [5.74, 6) is 0.498. The standard InChI is InChI=1S/C13H21N3O2/c1-6-18-12(17)10(5)15-13-14-9(4)7-11(16-13)8(2)3/h7-8,10H,6H2,1-5H3,(H,14,15,16). The highest BCUT2D eigenvalue weighted by Crippen LogP contribution is 2.14. The minimum absolute atomic E-state index is 0.297. The van der Waals surface area contributed by atoms with Gasteiger partial charge >= 0.3 is 5.97 Å². The molecule has 1 rings (SSSR count). The molecule has 1 atom stereocenters. The van der Waals surface area contributed by atoms with E-state index in [2.05, 4.69) is 29.1 Å². The fraction of sp³-hybridized carbons (Fsp3) is 0.615. The molecule has 0 saturated carbocycles. The van der Waals surface area contributed by atoms with E-state index in [1.54, 1.807) is 13.8 Å². The van der Waals surface area contributed by atoms with E-state index >= 15 is 0 Å². The number of carbonyl (C=O) groups is 1. The predicted molar refractivity (Wildman–Crippen MR) is 70.6 cm³/mol. The zero-order valence-electron chi connectivity index (χ0n) is 11.7. The van der Waals surface area contributed by atoms with Gasteiger partial charge in [-0.1, -0.05) is 13.8 Å². The Morgan fingerprint density at radius 3 is 2.61 bits per heavy atom. The van der Waals surface area contributed by atoms with Crippen molar-refractivity contribution in [3.05, 3.63) is 17.5 Å². The number of ether oxygens (including phenoxy) is 1. The lowest BCUT2D eigenvalue weighted by atomic mass is 10.1. The number of hydrogen-bond donors (Lipinski definition) is 1. The second kappa shape index (κ2) is 6.33. The van der Waals surface area contributed by atoms with Crippen LogP contribution in [0.2, 0.25) is 0 Å². The van der Waals surface area contributed by atoms with Crippen molar-refractivity contribution in [2.75, 3.05) is 11.9 Å². The van der Waals surface area contributed by atoms with Gasteiger partial charge < -0.3 is 10.1 Å². The van der Waals surface area contributed by atoms with E-state index in [-0.39, 0.29) is 5.97 Å². The van der Waals surface area contributed by atoms with Crippen LogP contribution in [0.25, 0.3) is 0 Å². The second-order valence-corrected chi connectivity index (χ2v) is 4.53. The van der Waals surface area contributed by atoms with Gasteiger partial charge in [-0.25, -0.2) is 14.8 Å². The molecule has 1 N–H and O–H groups in total. The quantitative estimate of drug-likeness (QED) is 0.813. The summed E-state index contributed by atoms with van der Waals surface area (Å²) in [7, 11) is 0. The minimum atomic E-state index is -0.452. The fourth-order valence-corrected chi connectivity index (χ4v) is 1.47. The van der Waals surface area contributed by atoms with Gasteiger partial charge in [0.25, 0.3) is 0 Å². The number of aromatic nitrogens is 2. The maximum atomic E-state index is 11.5. The number of anilines is 1. The molecule has 1 heterocycles. The van der Waals surface area contributed by atoms with Gasteiger partial charge in [0.05, 0.1) is 6.61 Å². The first-order valence-corrected chi connectivity index (χ1v) is 6.22. The summed E-state index contributed by atoms with van der Waals surface area (Å²) in [6.07, 6.45) is 0. The Labute approximate surface area is 108 Å². The third-order valence-electron chi connectivity index (χ3n) is 2.45. The largest absolute Gasteiger partial charge is 0.464 e. The summed E-state index contributed by atoms with van der Waals surface area (Å²) in [6, 6.07) is 1.50. The summed E-state index contributed by atoms with van der Waals surface area (Å²) in [4.78, 5) is 20.2. The van der Waals surface area contributed by atoms with Crippen LogP contribution < -0.4 is 5.32 Å². The van der Waals surface area contributed by atoms with Crippen LogP contribution in [0.3, 0.4) is 0 Å². The van der Waals surface area contributed by atoms with E-state index < -0.39 is 6.04 Å². The van der Waals surface area contributed by atoms with Crippen LogP contribution >= 0.6 is 0 Å². The summed E-state index contributed by atoms with van der Waals surface area (Å²) in [5, 5.41) is 2.97. The van der Waals surface area contributed by atoms with E-state index in [1.165, 1.54) is 0 Å². The summed E-state index contributed by atoms with van der Waals surface area (Å²) in [6.45, 7) is 9.94. The van der Waals surface area contributed by atoms with Crippen molar-refractivity contribution < 1.29 is 9.53 Å². The van der Waals surface area contributed by atoms with Gasteiger partial charge in [0.1, 0.15) is 6.04 Å². The van der Waals surface area contributed by atoms with E-state index in [4.69, 9.17) is 4.74 Å². The topological polar surface area (TPSA) is 64.1 Å². The van der Waals surface area contributed by atoms with Crippen LogP contribution in [0, 0.1) is 6.92 Å². The van der Waals surface area contributed by atoms with E-state index in [9.17, 15) is 4.79 Å². The number of nitrogens with one attached hydrogen (secondary N) is 1. The van der Waals surface area contributed by atoms with E-state index in [0.717, 1.165) is 11.4 Å². The molecule has 0 aromatic carbocycles.